The molecule has 0 atom stereocenters. The molecule has 164 valence electrons. The van der Waals surface area contributed by atoms with E-state index in [1.807, 2.05) is 25.1 Å². The molecule has 30 heavy (non-hydrogen) atoms. The predicted octanol–water partition coefficient (Wildman–Crippen LogP) is 3.34. The van der Waals surface area contributed by atoms with E-state index in [9.17, 15) is 14.3 Å². The van der Waals surface area contributed by atoms with Crippen LogP contribution in [-0.2, 0) is 16.0 Å². The summed E-state index contributed by atoms with van der Waals surface area (Å²) in [5.41, 5.74) is 0.791. The van der Waals surface area contributed by atoms with Crippen LogP contribution in [0.25, 0.3) is 10.9 Å². The number of aliphatic hydroxyl groups is 1. The second-order valence-corrected chi connectivity index (χ2v) is 7.89. The van der Waals surface area contributed by atoms with Crippen molar-refractivity contribution < 1.29 is 23.8 Å². The number of carbonyl (C=O) groups is 1. The molecule has 6 nitrogen and oxygen atoms in total. The monoisotopic (exact) mass is 418 g/mol. The largest absolute Gasteiger partial charge is 0.497 e. The first kappa shape index (κ1) is 22.4. The lowest BCUT2D eigenvalue weighted by Gasteiger charge is -2.40. The summed E-state index contributed by atoms with van der Waals surface area (Å²) in [6.07, 6.45) is 4.48. The summed E-state index contributed by atoms with van der Waals surface area (Å²) in [6.45, 7) is 4.41. The predicted molar refractivity (Wildman–Crippen MR) is 113 cm³/mol. The fourth-order valence-corrected chi connectivity index (χ4v) is 4.37. The van der Waals surface area contributed by atoms with Gasteiger partial charge in [0.1, 0.15) is 11.6 Å². The van der Waals surface area contributed by atoms with E-state index in [2.05, 4.69) is 9.88 Å². The molecule has 0 radical (unpaired) electrons. The third-order valence-corrected chi connectivity index (χ3v) is 6.15. The molecular formula is C23H31FN2O4. The summed E-state index contributed by atoms with van der Waals surface area (Å²) in [5.74, 6) is 0.171. The molecule has 0 spiro atoms. The van der Waals surface area contributed by atoms with Crippen LogP contribution in [0.3, 0.4) is 0 Å². The smallest absolute Gasteiger partial charge is 0.312 e. The molecule has 1 fully saturated rings. The van der Waals surface area contributed by atoms with Gasteiger partial charge in [-0.15, -0.1) is 0 Å². The van der Waals surface area contributed by atoms with E-state index in [0.717, 1.165) is 24.0 Å². The molecule has 0 bridgehead atoms. The molecule has 2 heterocycles. The molecule has 1 aliphatic heterocycles. The molecular weight excluding hydrogens is 387 g/mol. The van der Waals surface area contributed by atoms with Gasteiger partial charge in [0.05, 0.1) is 37.5 Å². The van der Waals surface area contributed by atoms with E-state index >= 15 is 0 Å². The van der Waals surface area contributed by atoms with Crippen molar-refractivity contribution >= 4 is 16.9 Å². The average Bonchev–Trinajstić information content (AvgIpc) is 2.76. The Bertz CT molecular complexity index is 866. The number of rotatable bonds is 9. The van der Waals surface area contributed by atoms with Gasteiger partial charge >= 0.3 is 5.97 Å². The van der Waals surface area contributed by atoms with Crippen molar-refractivity contribution in [3.63, 3.8) is 0 Å². The molecule has 1 aromatic heterocycles. The number of aromatic nitrogens is 1. The number of aliphatic hydroxyl groups excluding tert-OH is 1. The Morgan fingerprint density at radius 1 is 1.33 bits per heavy atom. The molecule has 1 aliphatic rings. The number of β-amino-alcohol motifs (C(OH)–C–C–N with tert-alkyl or cyclic N) is 1. The van der Waals surface area contributed by atoms with Gasteiger partial charge in [-0.05, 0) is 75.9 Å². The lowest BCUT2D eigenvalue weighted by atomic mass is 9.74. The van der Waals surface area contributed by atoms with Crippen LogP contribution in [0.15, 0.2) is 24.4 Å². The highest BCUT2D eigenvalue weighted by Gasteiger charge is 2.42. The summed E-state index contributed by atoms with van der Waals surface area (Å²) in [7, 11) is 1.58. The van der Waals surface area contributed by atoms with Crippen molar-refractivity contribution in [2.45, 2.75) is 39.0 Å². The number of hydrogen-bond donors (Lipinski definition) is 1. The third kappa shape index (κ3) is 4.90. The Morgan fingerprint density at radius 2 is 2.10 bits per heavy atom. The van der Waals surface area contributed by atoms with Crippen LogP contribution >= 0.6 is 0 Å². The molecule has 0 amide bonds. The van der Waals surface area contributed by atoms with Crippen molar-refractivity contribution in [1.29, 1.82) is 0 Å². The number of nitrogens with zero attached hydrogens (tertiary/aromatic N) is 2. The SMILES string of the molecule is CCOC(=O)C1(CCCc2c(F)cnc3ccc(OC)cc23)CCN(CCO)CC1. The Kier molecular flexibility index (Phi) is 7.61. The van der Waals surface area contributed by atoms with E-state index in [1.165, 1.54) is 6.20 Å². The highest BCUT2D eigenvalue weighted by Crippen LogP contribution is 2.38. The van der Waals surface area contributed by atoms with Gasteiger partial charge < -0.3 is 19.5 Å². The zero-order valence-electron chi connectivity index (χ0n) is 17.8. The minimum absolute atomic E-state index is 0.115. The number of methoxy groups -OCH3 is 1. The first-order valence-electron chi connectivity index (χ1n) is 10.6. The Balaban J connectivity index is 1.75. The second kappa shape index (κ2) is 10.2. The van der Waals surface area contributed by atoms with E-state index in [0.29, 0.717) is 56.6 Å². The van der Waals surface area contributed by atoms with Crippen LogP contribution in [0, 0.1) is 11.2 Å². The maximum absolute atomic E-state index is 14.6. The zero-order chi connectivity index (χ0) is 21.6. The van der Waals surface area contributed by atoms with Gasteiger partial charge in [-0.3, -0.25) is 9.78 Å². The molecule has 1 N–H and O–H groups in total. The van der Waals surface area contributed by atoms with E-state index in [1.54, 1.807) is 7.11 Å². The maximum Gasteiger partial charge on any atom is 0.312 e. The number of esters is 1. The molecule has 0 aliphatic carbocycles. The molecule has 0 saturated carbocycles. The first-order chi connectivity index (χ1) is 14.5. The summed E-state index contributed by atoms with van der Waals surface area (Å²) in [6, 6.07) is 5.45. The van der Waals surface area contributed by atoms with Gasteiger partial charge in [-0.1, -0.05) is 0 Å². The van der Waals surface area contributed by atoms with Crippen LogP contribution in [-0.4, -0.2) is 60.9 Å². The number of benzene rings is 1. The number of ether oxygens (including phenoxy) is 2. The Hall–Kier alpha value is -2.25. The molecule has 7 heteroatoms. The summed E-state index contributed by atoms with van der Waals surface area (Å²) in [5, 5.41) is 9.92. The number of fused-ring (bicyclic) bond motifs is 1. The summed E-state index contributed by atoms with van der Waals surface area (Å²) in [4.78, 5) is 19.1. The number of likely N-dealkylation sites (tertiary alicyclic amines) is 1. The van der Waals surface area contributed by atoms with Gasteiger partial charge in [0.15, 0.2) is 0 Å². The number of halogens is 1. The van der Waals surface area contributed by atoms with Crippen LogP contribution in [0.1, 0.15) is 38.2 Å². The first-order valence-corrected chi connectivity index (χ1v) is 10.6. The van der Waals surface area contributed by atoms with Crippen LogP contribution < -0.4 is 4.74 Å². The van der Waals surface area contributed by atoms with E-state index in [4.69, 9.17) is 9.47 Å². The number of hydrogen-bond acceptors (Lipinski definition) is 6. The third-order valence-electron chi connectivity index (χ3n) is 6.15. The van der Waals surface area contributed by atoms with Crippen molar-refractivity contribution in [2.75, 3.05) is 40.0 Å². The number of carbonyl (C=O) groups excluding carboxylic acids is 1. The van der Waals surface area contributed by atoms with Crippen molar-refractivity contribution in [2.24, 2.45) is 5.41 Å². The van der Waals surface area contributed by atoms with E-state index < -0.39 is 5.41 Å². The van der Waals surface area contributed by atoms with Crippen LogP contribution in [0.4, 0.5) is 4.39 Å². The maximum atomic E-state index is 14.6. The van der Waals surface area contributed by atoms with Crippen LogP contribution in [0.5, 0.6) is 5.75 Å². The summed E-state index contributed by atoms with van der Waals surface area (Å²) < 4.78 is 25.3. The highest BCUT2D eigenvalue weighted by atomic mass is 19.1. The van der Waals surface area contributed by atoms with Gasteiger partial charge in [0, 0.05) is 11.9 Å². The number of piperidine rings is 1. The van der Waals surface area contributed by atoms with Gasteiger partial charge in [0.2, 0.25) is 0 Å². The zero-order valence-corrected chi connectivity index (χ0v) is 17.8. The highest BCUT2D eigenvalue weighted by molar-refractivity contribution is 5.83. The number of aryl methyl sites for hydroxylation is 1. The topological polar surface area (TPSA) is 71.9 Å². The second-order valence-electron chi connectivity index (χ2n) is 7.89. The minimum Gasteiger partial charge on any atom is -0.497 e. The normalized spacial score (nSPS) is 16.5. The lowest BCUT2D eigenvalue weighted by Crippen LogP contribution is -2.46. The standard InChI is InChI=1S/C23H31FN2O4/c1-3-30-22(28)23(9-11-26(12-10-23)13-14-27)8-4-5-18-19-15-17(29-2)6-7-21(19)25-16-20(18)24/h6-7,15-16,27H,3-5,8-14H2,1-2H3. The molecule has 0 unspecified atom stereocenters. The van der Waals surface area contributed by atoms with Gasteiger partial charge in [-0.25, -0.2) is 4.39 Å². The van der Waals surface area contributed by atoms with Crippen molar-refractivity contribution in [3.05, 3.63) is 35.8 Å². The molecule has 1 aromatic carbocycles. The summed E-state index contributed by atoms with van der Waals surface area (Å²) >= 11 is 0. The Morgan fingerprint density at radius 3 is 2.77 bits per heavy atom. The van der Waals surface area contributed by atoms with Crippen molar-refractivity contribution in [3.8, 4) is 5.75 Å². The van der Waals surface area contributed by atoms with Crippen molar-refractivity contribution in [1.82, 2.24) is 9.88 Å². The van der Waals surface area contributed by atoms with Gasteiger partial charge in [0.25, 0.3) is 0 Å². The fraction of sp³-hybridized carbons (Fsp3) is 0.565. The average molecular weight is 419 g/mol. The van der Waals surface area contributed by atoms with Crippen LogP contribution in [0.2, 0.25) is 0 Å². The molecule has 2 aromatic rings. The lowest BCUT2D eigenvalue weighted by molar-refractivity contribution is -0.159. The molecule has 3 rings (SSSR count). The minimum atomic E-state index is -0.543. The van der Waals surface area contributed by atoms with E-state index in [-0.39, 0.29) is 18.4 Å². The molecule has 1 saturated heterocycles. The fourth-order valence-electron chi connectivity index (χ4n) is 4.37. The number of pyridine rings is 1. The quantitative estimate of drug-likeness (QED) is 0.630. The van der Waals surface area contributed by atoms with Gasteiger partial charge in [-0.2, -0.15) is 0 Å². The Labute approximate surface area is 177 Å².